The molecule has 0 fully saturated rings. The summed E-state index contributed by atoms with van der Waals surface area (Å²) in [6.45, 7) is 38.1. The summed E-state index contributed by atoms with van der Waals surface area (Å²) < 4.78 is 20.1. The summed E-state index contributed by atoms with van der Waals surface area (Å²) in [4.78, 5) is 3.10. The van der Waals surface area contributed by atoms with Crippen LogP contribution in [0, 0.1) is 71.0 Å². The van der Waals surface area contributed by atoms with Crippen molar-refractivity contribution in [3.63, 3.8) is 0 Å². The third-order valence-corrected chi connectivity index (χ3v) is 16.8. The van der Waals surface area contributed by atoms with Gasteiger partial charge in [0.05, 0.1) is 26.4 Å². The van der Waals surface area contributed by atoms with E-state index in [0.717, 1.165) is 95.3 Å². The average molecular weight is 1020 g/mol. The van der Waals surface area contributed by atoms with E-state index in [-0.39, 0.29) is 6.54 Å². The topological polar surface area (TPSA) is 76.5 Å². The molecule has 0 aliphatic carbocycles. The van der Waals surface area contributed by atoms with Crippen LogP contribution in [0.5, 0.6) is 17.2 Å². The van der Waals surface area contributed by atoms with Gasteiger partial charge in [0.1, 0.15) is 0 Å². The van der Waals surface area contributed by atoms with Crippen molar-refractivity contribution in [3.8, 4) is 17.2 Å². The summed E-state index contributed by atoms with van der Waals surface area (Å²) in [5, 5.41) is 3.95. The molecule has 0 amide bonds. The Morgan fingerprint density at radius 2 is 0.548 bits per heavy atom. The lowest BCUT2D eigenvalue weighted by Gasteiger charge is -2.21. The molecule has 0 saturated heterocycles. The summed E-state index contributed by atoms with van der Waals surface area (Å²) in [5.74, 6) is 11.4. The predicted octanol–water partition coefficient (Wildman–Crippen LogP) is 23.0. The second-order valence-electron chi connectivity index (χ2n) is 26.7. The SMILES string of the molecule is CC(C)CCCC(C)CCCC(C)CCCC(C)CCOc1cc(CN=[N+]=[N-])cc(OCCC(C)CCCC(C)CCCC(C)CCCC(C)C)c1OCCC(C)CCCC(C)CCCC(C)CCCC(C)C. The zero-order chi connectivity index (χ0) is 54.2. The molecule has 0 saturated carbocycles. The van der Waals surface area contributed by atoms with Crippen molar-refractivity contribution in [2.24, 2.45) is 76.1 Å². The number of rotatable bonds is 50. The van der Waals surface area contributed by atoms with Gasteiger partial charge in [-0.3, -0.25) is 0 Å². The van der Waals surface area contributed by atoms with E-state index in [1.165, 1.54) is 173 Å². The van der Waals surface area contributed by atoms with Gasteiger partial charge in [0.15, 0.2) is 11.5 Å². The first kappa shape index (κ1) is 68.9. The normalized spacial score (nSPS) is 15.7. The standard InChI is InChI=1S/C67H127N3O3/c1-52(2)25-16-28-55(7)31-19-34-58(10)37-22-40-61(13)43-46-71-65-49-64(51-69-70-68)50-66(72-47-44-62(14)41-23-38-59(11)35-20-32-56(8)29-17-26-53(3)4)67(65)73-48-45-63(15)42-24-39-60(12)36-21-33-57(9)30-18-27-54(5)6/h49-50,52-63H,16-48,51H2,1-15H3. The van der Waals surface area contributed by atoms with Crippen molar-refractivity contribution in [2.45, 2.75) is 303 Å². The largest absolute Gasteiger partial charge is 0.490 e. The molecular weight excluding hydrogens is 895 g/mol. The first-order valence-corrected chi connectivity index (χ1v) is 31.9. The lowest BCUT2D eigenvalue weighted by Crippen LogP contribution is -2.11. The van der Waals surface area contributed by atoms with Gasteiger partial charge in [-0.15, -0.1) is 0 Å². The second-order valence-corrected chi connectivity index (χ2v) is 26.7. The van der Waals surface area contributed by atoms with Gasteiger partial charge in [-0.2, -0.15) is 0 Å². The molecule has 1 aromatic rings. The lowest BCUT2D eigenvalue weighted by molar-refractivity contribution is 0.215. The van der Waals surface area contributed by atoms with Gasteiger partial charge in [0.2, 0.25) is 5.75 Å². The molecule has 0 N–H and O–H groups in total. The fourth-order valence-corrected chi connectivity index (χ4v) is 11.1. The first-order chi connectivity index (χ1) is 34.9. The molecule has 6 heteroatoms. The predicted molar refractivity (Wildman–Crippen MR) is 321 cm³/mol. The summed E-state index contributed by atoms with van der Waals surface area (Å²) in [5.41, 5.74) is 10.2. The highest BCUT2D eigenvalue weighted by molar-refractivity contribution is 5.54. The molecule has 73 heavy (non-hydrogen) atoms. The molecule has 0 heterocycles. The number of ether oxygens (including phenoxy) is 3. The zero-order valence-electron chi connectivity index (χ0n) is 51.7. The molecule has 0 spiro atoms. The minimum Gasteiger partial charge on any atom is -0.490 e. The van der Waals surface area contributed by atoms with Crippen LogP contribution in [0.4, 0.5) is 0 Å². The van der Waals surface area contributed by atoms with Crippen LogP contribution in [0.3, 0.4) is 0 Å². The highest BCUT2D eigenvalue weighted by atomic mass is 16.5. The Morgan fingerprint density at radius 1 is 0.329 bits per heavy atom. The van der Waals surface area contributed by atoms with E-state index in [9.17, 15) is 5.53 Å². The van der Waals surface area contributed by atoms with Gasteiger partial charge in [-0.05, 0) is 114 Å². The number of hydrogen-bond donors (Lipinski definition) is 0. The second kappa shape index (κ2) is 44.0. The van der Waals surface area contributed by atoms with Crippen molar-refractivity contribution >= 4 is 0 Å². The maximum atomic E-state index is 9.28. The minimum atomic E-state index is 0.257. The van der Waals surface area contributed by atoms with Crippen LogP contribution >= 0.6 is 0 Å². The van der Waals surface area contributed by atoms with Crippen LogP contribution in [0.25, 0.3) is 10.4 Å². The van der Waals surface area contributed by atoms with Crippen LogP contribution in [-0.4, -0.2) is 19.8 Å². The van der Waals surface area contributed by atoms with Crippen molar-refractivity contribution in [2.75, 3.05) is 19.8 Å². The molecular formula is C67H127N3O3. The van der Waals surface area contributed by atoms with Gasteiger partial charge in [-0.25, -0.2) is 0 Å². The smallest absolute Gasteiger partial charge is 0.203 e. The van der Waals surface area contributed by atoms with Gasteiger partial charge in [0, 0.05) is 4.91 Å². The molecule has 0 bridgehead atoms. The Labute approximate surface area is 456 Å². The maximum Gasteiger partial charge on any atom is 0.203 e. The van der Waals surface area contributed by atoms with E-state index in [1.807, 2.05) is 12.1 Å². The highest BCUT2D eigenvalue weighted by Gasteiger charge is 2.19. The fourth-order valence-electron chi connectivity index (χ4n) is 11.1. The molecule has 0 aliphatic heterocycles. The minimum absolute atomic E-state index is 0.257. The van der Waals surface area contributed by atoms with E-state index in [1.54, 1.807) is 0 Å². The number of hydrogen-bond acceptors (Lipinski definition) is 4. The van der Waals surface area contributed by atoms with Gasteiger partial charge in [-0.1, -0.05) is 282 Å². The third kappa shape index (κ3) is 39.9. The number of benzene rings is 1. The van der Waals surface area contributed by atoms with Crippen molar-refractivity contribution < 1.29 is 14.2 Å². The Kier molecular flexibility index (Phi) is 41.5. The summed E-state index contributed by atoms with van der Waals surface area (Å²) in [7, 11) is 0. The Hall–Kier alpha value is -2.07. The molecule has 9 unspecified atom stereocenters. The maximum absolute atomic E-state index is 9.28. The van der Waals surface area contributed by atoms with Crippen molar-refractivity contribution in [1.29, 1.82) is 0 Å². The third-order valence-electron chi connectivity index (χ3n) is 16.8. The van der Waals surface area contributed by atoms with Crippen LogP contribution < -0.4 is 14.2 Å². The molecule has 0 radical (unpaired) electrons. The number of azide groups is 1. The lowest BCUT2D eigenvalue weighted by atomic mass is 9.91. The van der Waals surface area contributed by atoms with E-state index in [4.69, 9.17) is 14.2 Å². The van der Waals surface area contributed by atoms with Gasteiger partial charge in [0.25, 0.3) is 0 Å². The summed E-state index contributed by atoms with van der Waals surface area (Å²) in [6, 6.07) is 4.06. The van der Waals surface area contributed by atoms with Gasteiger partial charge < -0.3 is 14.2 Å². The Bertz CT molecular complexity index is 1400. The fraction of sp³-hybridized carbons (Fsp3) is 0.910. The summed E-state index contributed by atoms with van der Waals surface area (Å²) >= 11 is 0. The van der Waals surface area contributed by atoms with E-state index < -0.39 is 0 Å². The molecule has 428 valence electrons. The Morgan fingerprint density at radius 3 is 0.781 bits per heavy atom. The Balaban J connectivity index is 2.86. The number of nitrogens with zero attached hydrogens (tertiary/aromatic N) is 3. The quantitative estimate of drug-likeness (QED) is 0.0371. The molecule has 9 atom stereocenters. The first-order valence-electron chi connectivity index (χ1n) is 31.9. The van der Waals surface area contributed by atoms with Crippen LogP contribution in [0.15, 0.2) is 17.2 Å². The van der Waals surface area contributed by atoms with E-state index >= 15 is 0 Å². The van der Waals surface area contributed by atoms with Crippen molar-refractivity contribution in [1.82, 2.24) is 0 Å². The van der Waals surface area contributed by atoms with E-state index in [2.05, 4.69) is 114 Å². The monoisotopic (exact) mass is 1020 g/mol. The van der Waals surface area contributed by atoms with Crippen LogP contribution in [0.2, 0.25) is 0 Å². The van der Waals surface area contributed by atoms with E-state index in [0.29, 0.717) is 37.6 Å². The molecule has 0 aromatic heterocycles. The average Bonchev–Trinajstić information content (AvgIpc) is 3.31. The van der Waals surface area contributed by atoms with Crippen molar-refractivity contribution in [3.05, 3.63) is 28.1 Å². The van der Waals surface area contributed by atoms with Gasteiger partial charge >= 0.3 is 0 Å². The zero-order valence-corrected chi connectivity index (χ0v) is 51.7. The molecule has 1 aromatic carbocycles. The molecule has 1 rings (SSSR count). The molecule has 0 aliphatic rings. The highest BCUT2D eigenvalue weighted by Crippen LogP contribution is 2.40. The van der Waals surface area contributed by atoms with Crippen LogP contribution in [-0.2, 0) is 6.54 Å². The summed E-state index contributed by atoms with van der Waals surface area (Å²) in [6.07, 6.45) is 39.3. The van der Waals surface area contributed by atoms with Crippen LogP contribution in [0.1, 0.15) is 302 Å². The molecule has 6 nitrogen and oxygen atoms in total.